The number of piperidine rings is 1. The van der Waals surface area contributed by atoms with Crippen molar-refractivity contribution in [2.45, 2.75) is 33.6 Å². The minimum atomic E-state index is -0.454. The molecule has 6 nitrogen and oxygen atoms in total. The highest BCUT2D eigenvalue weighted by atomic mass is 32.1. The van der Waals surface area contributed by atoms with Crippen LogP contribution in [0.15, 0.2) is 21.9 Å². The topological polar surface area (TPSA) is 71.8 Å². The monoisotopic (exact) mass is 390 g/mol. The Morgan fingerprint density at radius 1 is 1.41 bits per heavy atom. The van der Waals surface area contributed by atoms with Crippen LogP contribution in [-0.2, 0) is 9.53 Å². The summed E-state index contributed by atoms with van der Waals surface area (Å²) < 4.78 is 10.9. The number of thiophene rings is 1. The molecule has 3 rings (SSSR count). The Bertz CT molecular complexity index is 811. The van der Waals surface area contributed by atoms with E-state index in [1.807, 2.05) is 24.4 Å². The van der Waals surface area contributed by atoms with Gasteiger partial charge in [-0.25, -0.2) is 4.79 Å². The van der Waals surface area contributed by atoms with Crippen LogP contribution in [0, 0.1) is 12.8 Å². The highest BCUT2D eigenvalue weighted by Crippen LogP contribution is 2.37. The lowest BCUT2D eigenvalue weighted by Crippen LogP contribution is -2.39. The van der Waals surface area contributed by atoms with Crippen LogP contribution in [-0.4, -0.2) is 43.0 Å². The molecule has 1 N–H and O–H groups in total. The summed E-state index contributed by atoms with van der Waals surface area (Å²) in [5, 5.41) is 5.23. The van der Waals surface area contributed by atoms with Gasteiger partial charge in [-0.2, -0.15) is 0 Å². The van der Waals surface area contributed by atoms with Crippen LogP contribution < -0.4 is 5.32 Å². The van der Waals surface area contributed by atoms with Crippen LogP contribution >= 0.6 is 11.3 Å². The Labute approximate surface area is 163 Å². The second-order valence-electron chi connectivity index (χ2n) is 7.01. The number of anilines is 1. The standard InChI is InChI=1S/C20H26N2O4S/c1-4-25-20(24)18-15(16-8-7-14(3)26-16)12-27-19(18)21-17(23)11-22-9-5-6-13(2)10-22/h7-8,12-13H,4-6,9-11H2,1-3H3,(H,21,23)/t13-/m0/s1. The van der Waals surface area contributed by atoms with Crippen molar-refractivity contribution in [1.29, 1.82) is 0 Å². The van der Waals surface area contributed by atoms with E-state index < -0.39 is 5.97 Å². The van der Waals surface area contributed by atoms with Gasteiger partial charge in [0, 0.05) is 17.5 Å². The molecule has 1 amide bonds. The highest BCUT2D eigenvalue weighted by Gasteiger charge is 2.25. The molecule has 0 saturated carbocycles. The van der Waals surface area contributed by atoms with E-state index in [0.29, 0.717) is 34.4 Å². The van der Waals surface area contributed by atoms with Gasteiger partial charge in [-0.1, -0.05) is 6.92 Å². The minimum absolute atomic E-state index is 0.112. The number of esters is 1. The van der Waals surface area contributed by atoms with Crippen molar-refractivity contribution in [3.8, 4) is 11.3 Å². The smallest absolute Gasteiger partial charge is 0.341 e. The number of carbonyl (C=O) groups is 2. The number of furan rings is 1. The van der Waals surface area contributed by atoms with Crippen LogP contribution in [0.25, 0.3) is 11.3 Å². The summed E-state index contributed by atoms with van der Waals surface area (Å²) in [6, 6.07) is 3.67. The average Bonchev–Trinajstić information content (AvgIpc) is 3.21. The van der Waals surface area contributed by atoms with E-state index in [1.54, 1.807) is 6.92 Å². The zero-order valence-electron chi connectivity index (χ0n) is 16.0. The molecule has 1 saturated heterocycles. The maximum absolute atomic E-state index is 12.5. The largest absolute Gasteiger partial charge is 0.462 e. The molecule has 0 aliphatic carbocycles. The number of nitrogens with zero attached hydrogens (tertiary/aromatic N) is 1. The summed E-state index contributed by atoms with van der Waals surface area (Å²) in [4.78, 5) is 27.2. The van der Waals surface area contributed by atoms with E-state index in [4.69, 9.17) is 9.15 Å². The van der Waals surface area contributed by atoms with Gasteiger partial charge in [-0.05, 0) is 51.3 Å². The second-order valence-corrected chi connectivity index (χ2v) is 7.89. The Morgan fingerprint density at radius 3 is 2.89 bits per heavy atom. The highest BCUT2D eigenvalue weighted by molar-refractivity contribution is 7.15. The molecule has 0 unspecified atom stereocenters. The first-order valence-corrected chi connectivity index (χ1v) is 10.2. The van der Waals surface area contributed by atoms with E-state index >= 15 is 0 Å². The van der Waals surface area contributed by atoms with E-state index in [9.17, 15) is 9.59 Å². The van der Waals surface area contributed by atoms with Gasteiger partial charge in [0.1, 0.15) is 22.1 Å². The predicted octanol–water partition coefficient (Wildman–Crippen LogP) is 4.16. The summed E-state index contributed by atoms with van der Waals surface area (Å²) in [6.07, 6.45) is 2.32. The molecule has 1 atom stereocenters. The molecular formula is C20H26N2O4S. The van der Waals surface area contributed by atoms with E-state index in [0.717, 1.165) is 25.3 Å². The summed E-state index contributed by atoms with van der Waals surface area (Å²) in [7, 11) is 0. The predicted molar refractivity (Wildman–Crippen MR) is 106 cm³/mol. The van der Waals surface area contributed by atoms with Gasteiger partial charge in [0.2, 0.25) is 5.91 Å². The molecule has 2 aromatic heterocycles. The van der Waals surface area contributed by atoms with Gasteiger partial charge in [-0.3, -0.25) is 9.69 Å². The molecule has 2 aromatic rings. The molecule has 7 heteroatoms. The Morgan fingerprint density at radius 2 is 2.22 bits per heavy atom. The Balaban J connectivity index is 1.79. The molecule has 146 valence electrons. The number of likely N-dealkylation sites (tertiary alicyclic amines) is 1. The molecule has 0 radical (unpaired) electrons. The van der Waals surface area contributed by atoms with Crippen LogP contribution in [0.1, 0.15) is 42.8 Å². The van der Waals surface area contributed by atoms with Gasteiger partial charge in [0.25, 0.3) is 0 Å². The first-order valence-electron chi connectivity index (χ1n) is 9.35. The van der Waals surface area contributed by atoms with Crippen LogP contribution in [0.5, 0.6) is 0 Å². The normalized spacial score (nSPS) is 17.7. The molecule has 1 aliphatic heterocycles. The van der Waals surface area contributed by atoms with Gasteiger partial charge < -0.3 is 14.5 Å². The molecule has 0 aromatic carbocycles. The third-order valence-electron chi connectivity index (χ3n) is 4.64. The van der Waals surface area contributed by atoms with E-state index in [2.05, 4.69) is 17.1 Å². The fourth-order valence-corrected chi connectivity index (χ4v) is 4.37. The summed E-state index contributed by atoms with van der Waals surface area (Å²) in [5.74, 6) is 1.40. The first kappa shape index (κ1) is 19.6. The van der Waals surface area contributed by atoms with Crippen molar-refractivity contribution in [2.24, 2.45) is 5.92 Å². The summed E-state index contributed by atoms with van der Waals surface area (Å²) >= 11 is 1.31. The number of aryl methyl sites for hydroxylation is 1. The zero-order valence-corrected chi connectivity index (χ0v) is 16.9. The molecule has 0 spiro atoms. The van der Waals surface area contributed by atoms with Crippen molar-refractivity contribution >= 4 is 28.2 Å². The third kappa shape index (κ3) is 4.78. The van der Waals surface area contributed by atoms with Gasteiger partial charge in [0.15, 0.2) is 0 Å². The van der Waals surface area contributed by atoms with Crippen molar-refractivity contribution in [3.05, 3.63) is 28.8 Å². The van der Waals surface area contributed by atoms with Crippen molar-refractivity contribution in [1.82, 2.24) is 4.90 Å². The van der Waals surface area contributed by atoms with Crippen molar-refractivity contribution < 1.29 is 18.7 Å². The SMILES string of the molecule is CCOC(=O)c1c(-c2ccc(C)o2)csc1NC(=O)CN1CCC[C@H](C)C1. The second kappa shape index (κ2) is 8.71. The van der Waals surface area contributed by atoms with E-state index in [-0.39, 0.29) is 12.5 Å². The van der Waals surface area contributed by atoms with Gasteiger partial charge in [-0.15, -0.1) is 11.3 Å². The average molecular weight is 391 g/mol. The van der Waals surface area contributed by atoms with Crippen molar-refractivity contribution in [2.75, 3.05) is 31.6 Å². The number of ether oxygens (including phenoxy) is 1. The lowest BCUT2D eigenvalue weighted by atomic mass is 10.0. The Hall–Kier alpha value is -2.12. The molecule has 1 aliphatic rings. The maximum atomic E-state index is 12.5. The number of carbonyl (C=O) groups excluding carboxylic acids is 2. The molecule has 27 heavy (non-hydrogen) atoms. The van der Waals surface area contributed by atoms with Crippen LogP contribution in [0.4, 0.5) is 5.00 Å². The summed E-state index contributed by atoms with van der Waals surface area (Å²) in [6.45, 7) is 8.28. The maximum Gasteiger partial charge on any atom is 0.341 e. The van der Waals surface area contributed by atoms with Crippen LogP contribution in [0.2, 0.25) is 0 Å². The van der Waals surface area contributed by atoms with Gasteiger partial charge in [0.05, 0.1) is 13.2 Å². The zero-order chi connectivity index (χ0) is 19.4. The van der Waals surface area contributed by atoms with E-state index in [1.165, 1.54) is 17.8 Å². The number of nitrogens with one attached hydrogen (secondary N) is 1. The fourth-order valence-electron chi connectivity index (χ4n) is 3.42. The molecular weight excluding hydrogens is 364 g/mol. The number of rotatable bonds is 6. The minimum Gasteiger partial charge on any atom is -0.462 e. The van der Waals surface area contributed by atoms with Gasteiger partial charge >= 0.3 is 5.97 Å². The Kier molecular flexibility index (Phi) is 6.34. The number of hydrogen-bond acceptors (Lipinski definition) is 6. The molecule has 3 heterocycles. The molecule has 0 bridgehead atoms. The van der Waals surface area contributed by atoms with Crippen LogP contribution in [0.3, 0.4) is 0 Å². The lowest BCUT2D eigenvalue weighted by molar-refractivity contribution is -0.117. The third-order valence-corrected chi connectivity index (χ3v) is 5.53. The summed E-state index contributed by atoms with van der Waals surface area (Å²) in [5.41, 5.74) is 1.00. The lowest BCUT2D eigenvalue weighted by Gasteiger charge is -2.30. The number of amides is 1. The van der Waals surface area contributed by atoms with Crippen molar-refractivity contribution in [3.63, 3.8) is 0 Å². The first-order chi connectivity index (χ1) is 13.0. The number of hydrogen-bond donors (Lipinski definition) is 1. The fraction of sp³-hybridized carbons (Fsp3) is 0.500. The molecule has 1 fully saturated rings. The quantitative estimate of drug-likeness (QED) is 0.750.